The van der Waals surface area contributed by atoms with E-state index in [-0.39, 0.29) is 18.9 Å². The molecule has 0 spiro atoms. The molecule has 32 heavy (non-hydrogen) atoms. The van der Waals surface area contributed by atoms with Gasteiger partial charge in [0.2, 0.25) is 11.8 Å². The van der Waals surface area contributed by atoms with Gasteiger partial charge in [-0.1, -0.05) is 79.9 Å². The smallest absolute Gasteiger partial charge is 0.408 e. The first-order valence-electron chi connectivity index (χ1n) is 11.1. The van der Waals surface area contributed by atoms with Crippen LogP contribution in [0.4, 0.5) is 4.79 Å². The lowest BCUT2D eigenvalue weighted by Gasteiger charge is -2.30. The summed E-state index contributed by atoms with van der Waals surface area (Å²) in [4.78, 5) is 37.7. The van der Waals surface area contributed by atoms with Crippen LogP contribution in [0.1, 0.15) is 43.2 Å². The number of carbonyl (C=O) groups excluding carboxylic acids is 3. The summed E-state index contributed by atoms with van der Waals surface area (Å²) in [5.41, 5.74) is 7.34. The minimum atomic E-state index is -0.897. The fraction of sp³-hybridized carbons (Fsp3) is 0.400. The number of amides is 3. The Morgan fingerprint density at radius 3 is 2.06 bits per heavy atom. The molecule has 1 aliphatic carbocycles. The molecule has 3 amide bonds. The molecule has 7 nitrogen and oxygen atoms in total. The van der Waals surface area contributed by atoms with Crippen molar-refractivity contribution in [1.29, 1.82) is 0 Å². The highest BCUT2D eigenvalue weighted by atomic mass is 16.5. The van der Waals surface area contributed by atoms with Gasteiger partial charge in [-0.2, -0.15) is 0 Å². The molecule has 0 heterocycles. The van der Waals surface area contributed by atoms with Gasteiger partial charge in [-0.15, -0.1) is 0 Å². The number of hydrogen-bond acceptors (Lipinski definition) is 4. The van der Waals surface area contributed by atoms with Gasteiger partial charge in [0, 0.05) is 6.42 Å². The van der Waals surface area contributed by atoms with Crippen LogP contribution in [0.2, 0.25) is 0 Å². The molecule has 0 radical (unpaired) electrons. The number of benzene rings is 2. The van der Waals surface area contributed by atoms with Crippen LogP contribution in [0.3, 0.4) is 0 Å². The first-order chi connectivity index (χ1) is 15.5. The molecule has 4 N–H and O–H groups in total. The summed E-state index contributed by atoms with van der Waals surface area (Å²) < 4.78 is 5.29. The van der Waals surface area contributed by atoms with Crippen LogP contribution >= 0.6 is 0 Å². The van der Waals surface area contributed by atoms with Crippen molar-refractivity contribution < 1.29 is 19.1 Å². The predicted octanol–water partition coefficient (Wildman–Crippen LogP) is 3.07. The Hall–Kier alpha value is -3.35. The number of hydrogen-bond donors (Lipinski definition) is 3. The van der Waals surface area contributed by atoms with Crippen LogP contribution in [-0.4, -0.2) is 30.0 Å². The van der Waals surface area contributed by atoms with Gasteiger partial charge in [0.05, 0.1) is 0 Å². The topological polar surface area (TPSA) is 111 Å². The zero-order valence-electron chi connectivity index (χ0n) is 18.2. The number of nitrogens with one attached hydrogen (secondary N) is 2. The zero-order valence-corrected chi connectivity index (χ0v) is 18.2. The first kappa shape index (κ1) is 23.3. The molecule has 7 heteroatoms. The lowest BCUT2D eigenvalue weighted by molar-refractivity contribution is -0.130. The molecule has 1 aliphatic rings. The molecule has 2 atom stereocenters. The summed E-state index contributed by atoms with van der Waals surface area (Å²) in [6.45, 7) is 0.0956. The number of carbonyl (C=O) groups is 3. The maximum absolute atomic E-state index is 13.1. The van der Waals surface area contributed by atoms with Gasteiger partial charge in [0.1, 0.15) is 18.7 Å². The molecule has 2 aromatic rings. The molecule has 0 unspecified atom stereocenters. The van der Waals surface area contributed by atoms with Gasteiger partial charge in [0.25, 0.3) is 0 Å². The van der Waals surface area contributed by atoms with E-state index >= 15 is 0 Å². The Balaban J connectivity index is 1.67. The Labute approximate surface area is 188 Å². The summed E-state index contributed by atoms with van der Waals surface area (Å²) in [6, 6.07) is 17.0. The Morgan fingerprint density at radius 2 is 1.47 bits per heavy atom. The van der Waals surface area contributed by atoms with E-state index in [1.54, 1.807) is 0 Å². The summed E-state index contributed by atoms with van der Waals surface area (Å²) in [6.07, 6.45) is 4.43. The minimum Gasteiger partial charge on any atom is -0.445 e. The van der Waals surface area contributed by atoms with Crippen molar-refractivity contribution in [3.63, 3.8) is 0 Å². The van der Waals surface area contributed by atoms with Crippen molar-refractivity contribution in [2.45, 2.75) is 57.2 Å². The number of nitrogens with two attached hydrogens (primary N) is 1. The van der Waals surface area contributed by atoms with Crippen molar-refractivity contribution in [1.82, 2.24) is 10.6 Å². The van der Waals surface area contributed by atoms with E-state index in [4.69, 9.17) is 10.5 Å². The van der Waals surface area contributed by atoms with Crippen LogP contribution < -0.4 is 16.4 Å². The van der Waals surface area contributed by atoms with Crippen LogP contribution in [0.25, 0.3) is 0 Å². The first-order valence-corrected chi connectivity index (χ1v) is 11.1. The monoisotopic (exact) mass is 437 g/mol. The highest BCUT2D eigenvalue weighted by Crippen LogP contribution is 2.26. The summed E-state index contributed by atoms with van der Waals surface area (Å²) in [7, 11) is 0. The molecule has 1 saturated carbocycles. The summed E-state index contributed by atoms with van der Waals surface area (Å²) >= 11 is 0. The maximum Gasteiger partial charge on any atom is 0.408 e. The summed E-state index contributed by atoms with van der Waals surface area (Å²) in [5.74, 6) is -0.970. The van der Waals surface area contributed by atoms with Gasteiger partial charge in [0.15, 0.2) is 0 Å². The second-order valence-corrected chi connectivity index (χ2v) is 8.24. The van der Waals surface area contributed by atoms with Gasteiger partial charge in [-0.3, -0.25) is 9.59 Å². The van der Waals surface area contributed by atoms with Gasteiger partial charge in [-0.25, -0.2) is 4.79 Å². The van der Waals surface area contributed by atoms with Crippen LogP contribution in [-0.2, 0) is 27.4 Å². The largest absolute Gasteiger partial charge is 0.445 e. The van der Waals surface area contributed by atoms with E-state index in [1.165, 1.54) is 0 Å². The van der Waals surface area contributed by atoms with Crippen molar-refractivity contribution >= 4 is 17.9 Å². The predicted molar refractivity (Wildman–Crippen MR) is 121 cm³/mol. The third-order valence-electron chi connectivity index (χ3n) is 5.83. The van der Waals surface area contributed by atoms with E-state index in [9.17, 15) is 14.4 Å². The van der Waals surface area contributed by atoms with Gasteiger partial charge < -0.3 is 21.1 Å². The molecule has 0 aromatic heterocycles. The molecule has 170 valence electrons. The van der Waals surface area contributed by atoms with Gasteiger partial charge in [-0.05, 0) is 29.9 Å². The summed E-state index contributed by atoms with van der Waals surface area (Å²) in [5, 5.41) is 5.46. The number of alkyl carbamates (subject to hydrolysis) is 1. The van der Waals surface area contributed by atoms with E-state index < -0.39 is 30.0 Å². The Bertz CT molecular complexity index is 883. The zero-order chi connectivity index (χ0) is 22.8. The fourth-order valence-corrected chi connectivity index (χ4v) is 4.11. The highest BCUT2D eigenvalue weighted by molar-refractivity contribution is 5.91. The van der Waals surface area contributed by atoms with Crippen LogP contribution in [0, 0.1) is 5.92 Å². The molecule has 1 fully saturated rings. The third kappa shape index (κ3) is 7.11. The van der Waals surface area contributed by atoms with Crippen LogP contribution in [0.15, 0.2) is 60.7 Å². The number of primary amides is 1. The minimum absolute atomic E-state index is 0.0209. The quantitative estimate of drug-likeness (QED) is 0.560. The van der Waals surface area contributed by atoms with E-state index in [2.05, 4.69) is 10.6 Å². The van der Waals surface area contributed by atoms with Gasteiger partial charge >= 0.3 is 6.09 Å². The molecule has 0 aliphatic heterocycles. The average Bonchev–Trinajstić information content (AvgIpc) is 2.82. The van der Waals surface area contributed by atoms with Crippen LogP contribution in [0.5, 0.6) is 0 Å². The van der Waals surface area contributed by atoms with Crippen molar-refractivity contribution in [2.24, 2.45) is 11.7 Å². The molecular weight excluding hydrogens is 406 g/mol. The van der Waals surface area contributed by atoms with Crippen molar-refractivity contribution in [3.8, 4) is 0 Å². The maximum atomic E-state index is 13.1. The second-order valence-electron chi connectivity index (χ2n) is 8.24. The fourth-order valence-electron chi connectivity index (χ4n) is 4.11. The second kappa shape index (κ2) is 11.9. The molecule has 0 saturated heterocycles. The van der Waals surface area contributed by atoms with E-state index in [0.29, 0.717) is 0 Å². The third-order valence-corrected chi connectivity index (χ3v) is 5.83. The van der Waals surface area contributed by atoms with Crippen molar-refractivity contribution in [2.75, 3.05) is 0 Å². The Morgan fingerprint density at radius 1 is 0.875 bits per heavy atom. The van der Waals surface area contributed by atoms with Crippen molar-refractivity contribution in [3.05, 3.63) is 71.8 Å². The average molecular weight is 438 g/mol. The lowest BCUT2D eigenvalue weighted by atomic mass is 9.83. The number of rotatable bonds is 9. The van der Waals surface area contributed by atoms with E-state index in [1.807, 2.05) is 60.7 Å². The molecule has 0 bridgehead atoms. The van der Waals surface area contributed by atoms with E-state index in [0.717, 1.165) is 43.2 Å². The SMILES string of the molecule is NC(=O)[C@@H](NC(=O)[C@H](Cc1ccccc1)NC(=O)OCc1ccccc1)C1CCCCC1. The molecular formula is C25H31N3O4. The highest BCUT2D eigenvalue weighted by Gasteiger charge is 2.32. The standard InChI is InChI=1S/C25H31N3O4/c26-23(29)22(20-14-8-3-9-15-20)28-24(30)21(16-18-10-4-1-5-11-18)27-25(31)32-17-19-12-6-2-7-13-19/h1-2,4-7,10-13,20-22H,3,8-9,14-17H2,(H2,26,29)(H,27,31)(H,28,30)/t21-,22-/m0/s1. The molecule has 2 aromatic carbocycles. The lowest BCUT2D eigenvalue weighted by Crippen LogP contribution is -2.56. The number of ether oxygens (including phenoxy) is 1. The normalized spacial score (nSPS) is 15.9. The molecule has 3 rings (SSSR count). The Kier molecular flexibility index (Phi) is 8.66.